The Morgan fingerprint density at radius 1 is 1.42 bits per heavy atom. The summed E-state index contributed by atoms with van der Waals surface area (Å²) in [6.45, 7) is 0.929. The number of halogens is 1. The standard InChI is InChI=1S/C12H16ClN3O3/c1-18-9-5-16(6-10(9)19-2)12(17)7-3-11(14)15-4-8(7)13/h3-4,9-10H,5-6H2,1-2H3,(H2,14,15). The van der Waals surface area contributed by atoms with Gasteiger partial charge < -0.3 is 20.1 Å². The Balaban J connectivity index is 2.19. The van der Waals surface area contributed by atoms with Crippen LogP contribution < -0.4 is 5.73 Å². The second-order valence-electron chi connectivity index (χ2n) is 4.35. The average Bonchev–Trinajstić information content (AvgIpc) is 2.84. The number of pyridine rings is 1. The van der Waals surface area contributed by atoms with E-state index in [1.807, 2.05) is 0 Å². The van der Waals surface area contributed by atoms with Crippen molar-refractivity contribution >= 4 is 23.3 Å². The molecule has 104 valence electrons. The quantitative estimate of drug-likeness (QED) is 0.889. The van der Waals surface area contributed by atoms with E-state index in [4.69, 9.17) is 26.8 Å². The van der Waals surface area contributed by atoms with Gasteiger partial charge in [-0.2, -0.15) is 0 Å². The number of amides is 1. The summed E-state index contributed by atoms with van der Waals surface area (Å²) in [5, 5.41) is 0.286. The number of likely N-dealkylation sites (tertiary alicyclic amines) is 1. The Hall–Kier alpha value is -1.37. The lowest BCUT2D eigenvalue weighted by Gasteiger charge is -2.16. The molecule has 1 aromatic rings. The maximum absolute atomic E-state index is 12.4. The van der Waals surface area contributed by atoms with Crippen LogP contribution in [0.25, 0.3) is 0 Å². The molecule has 0 bridgehead atoms. The normalized spacial score (nSPS) is 22.8. The van der Waals surface area contributed by atoms with Crippen LogP contribution in [-0.4, -0.2) is 55.3 Å². The average molecular weight is 286 g/mol. The van der Waals surface area contributed by atoms with Gasteiger partial charge in [-0.1, -0.05) is 11.6 Å². The van der Waals surface area contributed by atoms with Crippen LogP contribution >= 0.6 is 11.6 Å². The zero-order chi connectivity index (χ0) is 14.0. The molecule has 1 saturated heterocycles. The molecule has 0 radical (unpaired) electrons. The predicted octanol–water partition coefficient (Wildman–Crippen LogP) is 0.803. The fourth-order valence-corrected chi connectivity index (χ4v) is 2.34. The van der Waals surface area contributed by atoms with Crippen molar-refractivity contribution in [3.63, 3.8) is 0 Å². The van der Waals surface area contributed by atoms with Gasteiger partial charge in [0.2, 0.25) is 0 Å². The molecule has 1 aliphatic rings. The minimum Gasteiger partial charge on any atom is -0.384 e. The first-order valence-corrected chi connectivity index (χ1v) is 6.20. The van der Waals surface area contributed by atoms with Crippen LogP contribution in [0.4, 0.5) is 5.82 Å². The Kier molecular flexibility index (Phi) is 4.24. The molecule has 6 nitrogen and oxygen atoms in total. The Morgan fingerprint density at radius 2 is 2.00 bits per heavy atom. The lowest BCUT2D eigenvalue weighted by Crippen LogP contribution is -2.30. The number of methoxy groups -OCH3 is 2. The van der Waals surface area contributed by atoms with E-state index < -0.39 is 0 Å². The third kappa shape index (κ3) is 2.80. The van der Waals surface area contributed by atoms with E-state index in [9.17, 15) is 4.79 Å². The van der Waals surface area contributed by atoms with Crippen molar-refractivity contribution in [3.05, 3.63) is 22.8 Å². The van der Waals surface area contributed by atoms with Crippen LogP contribution in [-0.2, 0) is 9.47 Å². The summed E-state index contributed by atoms with van der Waals surface area (Å²) in [6.07, 6.45) is 1.11. The molecule has 2 N–H and O–H groups in total. The highest BCUT2D eigenvalue weighted by atomic mass is 35.5. The molecular weight excluding hydrogens is 270 g/mol. The predicted molar refractivity (Wildman–Crippen MR) is 71.2 cm³/mol. The van der Waals surface area contributed by atoms with E-state index in [1.54, 1.807) is 19.1 Å². The van der Waals surface area contributed by atoms with Crippen LogP contribution in [0.5, 0.6) is 0 Å². The van der Waals surface area contributed by atoms with Crippen molar-refractivity contribution in [1.82, 2.24) is 9.88 Å². The first kappa shape index (κ1) is 14.0. The van der Waals surface area contributed by atoms with E-state index in [-0.39, 0.29) is 29.0 Å². The van der Waals surface area contributed by atoms with Gasteiger partial charge >= 0.3 is 0 Å². The molecule has 7 heteroatoms. The van der Waals surface area contributed by atoms with Gasteiger partial charge in [-0.3, -0.25) is 4.79 Å². The van der Waals surface area contributed by atoms with Crippen molar-refractivity contribution in [2.24, 2.45) is 0 Å². The molecule has 2 rings (SSSR count). The highest BCUT2D eigenvalue weighted by molar-refractivity contribution is 6.33. The van der Waals surface area contributed by atoms with E-state index in [2.05, 4.69) is 4.98 Å². The minimum absolute atomic E-state index is 0.132. The summed E-state index contributed by atoms with van der Waals surface area (Å²) in [5.41, 5.74) is 5.93. The smallest absolute Gasteiger partial charge is 0.255 e. The number of nitrogen functional groups attached to an aromatic ring is 1. The second-order valence-corrected chi connectivity index (χ2v) is 4.75. The van der Waals surface area contributed by atoms with Crippen LogP contribution in [0.15, 0.2) is 12.3 Å². The number of carbonyl (C=O) groups excluding carboxylic acids is 1. The van der Waals surface area contributed by atoms with E-state index in [1.165, 1.54) is 12.3 Å². The number of ether oxygens (including phenoxy) is 2. The van der Waals surface area contributed by atoms with Gasteiger partial charge in [-0.25, -0.2) is 4.98 Å². The Bertz CT molecular complexity index is 471. The molecule has 1 aromatic heterocycles. The van der Waals surface area contributed by atoms with E-state index >= 15 is 0 Å². The second kappa shape index (κ2) is 5.73. The number of hydrogen-bond donors (Lipinski definition) is 1. The molecule has 2 unspecified atom stereocenters. The molecule has 0 saturated carbocycles. The summed E-state index contributed by atoms with van der Waals surface area (Å²) in [4.78, 5) is 17.9. The third-order valence-electron chi connectivity index (χ3n) is 3.21. The number of hydrogen-bond acceptors (Lipinski definition) is 5. The van der Waals surface area contributed by atoms with Crippen molar-refractivity contribution < 1.29 is 14.3 Å². The molecule has 2 atom stereocenters. The number of aromatic nitrogens is 1. The number of rotatable bonds is 3. The number of nitrogens with zero attached hydrogens (tertiary/aromatic N) is 2. The molecule has 0 aromatic carbocycles. The zero-order valence-electron chi connectivity index (χ0n) is 10.8. The fraction of sp³-hybridized carbons (Fsp3) is 0.500. The first-order chi connectivity index (χ1) is 9.06. The molecule has 2 heterocycles. The van der Waals surface area contributed by atoms with Crippen molar-refractivity contribution in [3.8, 4) is 0 Å². The molecule has 1 amide bonds. The lowest BCUT2D eigenvalue weighted by molar-refractivity contribution is -0.00461. The largest absolute Gasteiger partial charge is 0.384 e. The number of carbonyl (C=O) groups is 1. The van der Waals surface area contributed by atoms with Gasteiger partial charge in [0, 0.05) is 33.5 Å². The highest BCUT2D eigenvalue weighted by Gasteiger charge is 2.36. The van der Waals surface area contributed by atoms with Gasteiger partial charge in [-0.05, 0) is 6.07 Å². The zero-order valence-corrected chi connectivity index (χ0v) is 11.6. The van der Waals surface area contributed by atoms with E-state index in [0.717, 1.165) is 0 Å². The summed E-state index contributed by atoms with van der Waals surface area (Å²) in [7, 11) is 3.20. The minimum atomic E-state index is -0.194. The lowest BCUT2D eigenvalue weighted by atomic mass is 10.2. The highest BCUT2D eigenvalue weighted by Crippen LogP contribution is 2.23. The maximum atomic E-state index is 12.4. The van der Waals surface area contributed by atoms with Crippen LogP contribution in [0.3, 0.4) is 0 Å². The van der Waals surface area contributed by atoms with Gasteiger partial charge in [0.25, 0.3) is 5.91 Å². The molecule has 0 spiro atoms. The monoisotopic (exact) mass is 285 g/mol. The number of nitrogens with two attached hydrogens (primary N) is 1. The molecule has 1 aliphatic heterocycles. The summed E-state index contributed by atoms with van der Waals surface area (Å²) in [5.74, 6) is 0.0687. The topological polar surface area (TPSA) is 77.7 Å². The fourth-order valence-electron chi connectivity index (χ4n) is 2.15. The Morgan fingerprint density at radius 3 is 2.53 bits per heavy atom. The third-order valence-corrected chi connectivity index (χ3v) is 3.52. The van der Waals surface area contributed by atoms with Crippen molar-refractivity contribution in [2.75, 3.05) is 33.0 Å². The van der Waals surface area contributed by atoms with Gasteiger partial charge in [0.1, 0.15) is 18.0 Å². The molecule has 0 aliphatic carbocycles. The number of anilines is 1. The molecular formula is C12H16ClN3O3. The van der Waals surface area contributed by atoms with Crippen molar-refractivity contribution in [1.29, 1.82) is 0 Å². The van der Waals surface area contributed by atoms with E-state index in [0.29, 0.717) is 18.7 Å². The molecule has 19 heavy (non-hydrogen) atoms. The summed E-state index contributed by atoms with van der Waals surface area (Å²) < 4.78 is 10.6. The molecule has 1 fully saturated rings. The SMILES string of the molecule is COC1CN(C(=O)c2cc(N)ncc2Cl)CC1OC. The van der Waals surface area contributed by atoms with Crippen LogP contribution in [0.1, 0.15) is 10.4 Å². The summed E-state index contributed by atoms with van der Waals surface area (Å²) in [6, 6.07) is 1.48. The Labute approximate surface area is 116 Å². The maximum Gasteiger partial charge on any atom is 0.255 e. The van der Waals surface area contributed by atoms with Crippen LogP contribution in [0.2, 0.25) is 5.02 Å². The van der Waals surface area contributed by atoms with Gasteiger partial charge in [-0.15, -0.1) is 0 Å². The van der Waals surface area contributed by atoms with Gasteiger partial charge in [0.05, 0.1) is 10.6 Å². The van der Waals surface area contributed by atoms with Crippen LogP contribution in [0, 0.1) is 0 Å². The van der Waals surface area contributed by atoms with Gasteiger partial charge in [0.15, 0.2) is 0 Å². The summed E-state index contributed by atoms with van der Waals surface area (Å²) >= 11 is 5.98. The first-order valence-electron chi connectivity index (χ1n) is 5.82. The van der Waals surface area contributed by atoms with Crippen molar-refractivity contribution in [2.45, 2.75) is 12.2 Å².